The van der Waals surface area contributed by atoms with Crippen LogP contribution in [0.15, 0.2) is 30.3 Å². The molecule has 1 saturated heterocycles. The Bertz CT molecular complexity index is 1380. The number of nitrogens with zero attached hydrogens (tertiary/aromatic N) is 3. The van der Waals surface area contributed by atoms with E-state index in [4.69, 9.17) is 23.7 Å². The first-order chi connectivity index (χ1) is 19.4. The van der Waals surface area contributed by atoms with Gasteiger partial charge in [-0.1, -0.05) is 19.9 Å². The van der Waals surface area contributed by atoms with Gasteiger partial charge in [0.15, 0.2) is 5.79 Å². The number of esters is 1. The van der Waals surface area contributed by atoms with Gasteiger partial charge in [-0.3, -0.25) is 4.79 Å². The lowest BCUT2D eigenvalue weighted by molar-refractivity contribution is -0.290. The number of carbonyl (C=O) groups excluding carboxylic acids is 1. The second-order valence-corrected chi connectivity index (χ2v) is 14.0. The van der Waals surface area contributed by atoms with Gasteiger partial charge in [0.05, 0.1) is 43.3 Å². The molecule has 2 heterocycles. The summed E-state index contributed by atoms with van der Waals surface area (Å²) in [6.45, 7) is 13.0. The fourth-order valence-corrected chi connectivity index (χ4v) is 4.72. The molecule has 1 aliphatic rings. The molecule has 232 valence electrons. The molecule has 0 amide bonds. The first kappa shape index (κ1) is 33.3. The van der Waals surface area contributed by atoms with Crippen LogP contribution >= 0.6 is 0 Å². The molecule has 12 heteroatoms. The smallest absolute Gasteiger partial charge is 0.308 e. The lowest BCUT2D eigenvalue weighted by Gasteiger charge is -2.39. The van der Waals surface area contributed by atoms with Crippen molar-refractivity contribution in [2.75, 3.05) is 24.7 Å². The Hall–Kier alpha value is -3.22. The molecule has 1 aromatic carbocycles. The molecule has 1 fully saturated rings. The second-order valence-electron chi connectivity index (χ2n) is 12.0. The molecule has 2 aromatic rings. The highest BCUT2D eigenvalue weighted by molar-refractivity contribution is 7.92. The van der Waals surface area contributed by atoms with Crippen LogP contribution in [-0.2, 0) is 29.0 Å². The summed E-state index contributed by atoms with van der Waals surface area (Å²) in [5, 5.41) is 0. The Kier molecular flexibility index (Phi) is 10.3. The van der Waals surface area contributed by atoms with Crippen molar-refractivity contribution >= 4 is 28.0 Å². The first-order valence-corrected chi connectivity index (χ1v) is 15.6. The maximum Gasteiger partial charge on any atom is 0.308 e. The van der Waals surface area contributed by atoms with E-state index < -0.39 is 33.6 Å². The molecule has 2 atom stereocenters. The Morgan fingerprint density at radius 3 is 2.31 bits per heavy atom. The van der Waals surface area contributed by atoms with Gasteiger partial charge in [0.2, 0.25) is 21.9 Å². The molecule has 3 rings (SSSR count). The van der Waals surface area contributed by atoms with Crippen molar-refractivity contribution in [2.45, 2.75) is 90.8 Å². The van der Waals surface area contributed by atoms with Gasteiger partial charge >= 0.3 is 5.97 Å². The molecule has 42 heavy (non-hydrogen) atoms. The summed E-state index contributed by atoms with van der Waals surface area (Å²) in [5.41, 5.74) is 0.567. The summed E-state index contributed by atoms with van der Waals surface area (Å²) < 4.78 is 54.8. The van der Waals surface area contributed by atoms with Crippen molar-refractivity contribution in [3.8, 4) is 17.4 Å². The molecule has 1 aliphatic heterocycles. The zero-order valence-electron chi connectivity index (χ0n) is 26.1. The van der Waals surface area contributed by atoms with E-state index in [0.717, 1.165) is 10.6 Å². The lowest BCUT2D eigenvalue weighted by atomic mass is 10.0. The molecule has 0 saturated carbocycles. The third kappa shape index (κ3) is 9.40. The number of rotatable bonds is 10. The third-order valence-corrected chi connectivity index (χ3v) is 7.36. The molecule has 0 N–H and O–H groups in total. The van der Waals surface area contributed by atoms with Crippen LogP contribution < -0.4 is 13.8 Å². The van der Waals surface area contributed by atoms with Crippen LogP contribution in [0.25, 0.3) is 6.08 Å². The van der Waals surface area contributed by atoms with E-state index >= 15 is 0 Å². The maximum atomic E-state index is 12.5. The number of hydrogen-bond donors (Lipinski definition) is 0. The van der Waals surface area contributed by atoms with E-state index in [1.165, 1.54) is 7.05 Å². The second kappa shape index (κ2) is 13.0. The topological polar surface area (TPSA) is 126 Å². The highest BCUT2D eigenvalue weighted by atomic mass is 32.2. The Morgan fingerprint density at radius 2 is 1.76 bits per heavy atom. The van der Waals surface area contributed by atoms with Crippen molar-refractivity contribution in [3.05, 3.63) is 41.6 Å². The van der Waals surface area contributed by atoms with Gasteiger partial charge in [0.25, 0.3) is 0 Å². The van der Waals surface area contributed by atoms with Gasteiger partial charge in [-0.25, -0.2) is 17.7 Å². The Labute approximate surface area is 249 Å². The van der Waals surface area contributed by atoms with Crippen LogP contribution in [-0.4, -0.2) is 68.4 Å². The molecule has 11 nitrogen and oxygen atoms in total. The molecule has 0 radical (unpaired) electrons. The zero-order valence-corrected chi connectivity index (χ0v) is 26.9. The molecule has 0 aliphatic carbocycles. The predicted octanol–water partition coefficient (Wildman–Crippen LogP) is 5.45. The van der Waals surface area contributed by atoms with Gasteiger partial charge in [-0.15, -0.1) is 0 Å². The van der Waals surface area contributed by atoms with Crippen molar-refractivity contribution in [1.82, 2.24) is 9.97 Å². The Morgan fingerprint density at radius 1 is 1.14 bits per heavy atom. The summed E-state index contributed by atoms with van der Waals surface area (Å²) in [6, 6.07) is 6.97. The number of aromatic nitrogens is 2. The number of sulfonamides is 1. The number of anilines is 1. The third-order valence-electron chi connectivity index (χ3n) is 6.20. The average Bonchev–Trinajstić information content (AvgIpc) is 2.84. The van der Waals surface area contributed by atoms with Crippen LogP contribution in [0.4, 0.5) is 5.95 Å². The summed E-state index contributed by atoms with van der Waals surface area (Å²) in [6.07, 6.45) is 4.44. The van der Waals surface area contributed by atoms with E-state index in [2.05, 4.69) is 9.97 Å². The summed E-state index contributed by atoms with van der Waals surface area (Å²) in [4.78, 5) is 21.6. The summed E-state index contributed by atoms with van der Waals surface area (Å²) >= 11 is 0. The van der Waals surface area contributed by atoms with Gasteiger partial charge in [-0.05, 0) is 70.9 Å². The SMILES string of the molecule is COc1ccc(Oc2nc(N(C)S(C)(=O)=O)nc(C(C)C)c2/C=C/[C@@H]2C[C@H](CC(=O)OC(C)(C)C)OC(C)(C)O2)cc1. The van der Waals surface area contributed by atoms with Gasteiger partial charge < -0.3 is 23.7 Å². The first-order valence-electron chi connectivity index (χ1n) is 13.8. The van der Waals surface area contributed by atoms with Crippen molar-refractivity contribution in [3.63, 3.8) is 0 Å². The monoisotopic (exact) mass is 605 g/mol. The van der Waals surface area contributed by atoms with Gasteiger partial charge in [0.1, 0.15) is 17.1 Å². The van der Waals surface area contributed by atoms with Crippen molar-refractivity contribution < 1.29 is 36.9 Å². The van der Waals surface area contributed by atoms with Crippen LogP contribution in [0.1, 0.15) is 78.5 Å². The molecular formula is C30H43N3O8S. The van der Waals surface area contributed by atoms with Crippen LogP contribution in [0, 0.1) is 0 Å². The average molecular weight is 606 g/mol. The standard InChI is InChI=1S/C30H43N3O8S/c1-19(2)26-24(16-15-22-17-23(40-30(6,7)39-22)18-25(34)41-29(3,4)5)27(32-28(31-26)33(8)42(10,35)36)38-21-13-11-20(37-9)12-14-21/h11-16,19,22-23H,17-18H2,1-10H3/b16-15+/t22-,23-/m1/s1. The van der Waals surface area contributed by atoms with Crippen molar-refractivity contribution in [1.29, 1.82) is 0 Å². The van der Waals surface area contributed by atoms with Crippen LogP contribution in [0.3, 0.4) is 0 Å². The molecular weight excluding hydrogens is 562 g/mol. The van der Waals surface area contributed by atoms with E-state index in [1.807, 2.05) is 46.8 Å². The van der Waals surface area contributed by atoms with Crippen LogP contribution in [0.5, 0.6) is 17.4 Å². The minimum Gasteiger partial charge on any atom is -0.497 e. The van der Waals surface area contributed by atoms with Gasteiger partial charge in [-0.2, -0.15) is 4.98 Å². The highest BCUT2D eigenvalue weighted by Crippen LogP contribution is 2.35. The normalized spacial score (nSPS) is 19.1. The van der Waals surface area contributed by atoms with Crippen LogP contribution in [0.2, 0.25) is 0 Å². The fourth-order valence-electron chi connectivity index (χ4n) is 4.34. The van der Waals surface area contributed by atoms with Crippen molar-refractivity contribution in [2.24, 2.45) is 0 Å². The predicted molar refractivity (Wildman–Crippen MR) is 160 cm³/mol. The highest BCUT2D eigenvalue weighted by Gasteiger charge is 2.36. The minimum atomic E-state index is -3.63. The largest absolute Gasteiger partial charge is 0.497 e. The van der Waals surface area contributed by atoms with E-state index in [-0.39, 0.29) is 30.1 Å². The molecule has 1 aromatic heterocycles. The quantitative estimate of drug-likeness (QED) is 0.323. The van der Waals surface area contributed by atoms with Gasteiger partial charge in [0, 0.05) is 13.5 Å². The number of ether oxygens (including phenoxy) is 5. The molecule has 0 unspecified atom stereocenters. The zero-order chi connectivity index (χ0) is 31.5. The number of benzene rings is 1. The number of carbonyl (C=O) groups is 1. The molecule has 0 spiro atoms. The fraction of sp³-hybridized carbons (Fsp3) is 0.567. The number of hydrogen-bond acceptors (Lipinski definition) is 10. The minimum absolute atomic E-state index is 0.0114. The van der Waals surface area contributed by atoms with E-state index in [1.54, 1.807) is 45.2 Å². The lowest BCUT2D eigenvalue weighted by Crippen LogP contribution is -2.45. The maximum absolute atomic E-state index is 12.5. The summed E-state index contributed by atoms with van der Waals surface area (Å²) in [5.74, 6) is -0.0888. The number of methoxy groups -OCH3 is 1. The Balaban J connectivity index is 2.01. The van der Waals surface area contributed by atoms with E-state index in [9.17, 15) is 13.2 Å². The summed E-state index contributed by atoms with van der Waals surface area (Å²) in [7, 11) is -0.668. The van der Waals surface area contributed by atoms with E-state index in [0.29, 0.717) is 29.2 Å². The molecule has 0 bridgehead atoms.